The van der Waals surface area contributed by atoms with Crippen LogP contribution in [0, 0.1) is 11.3 Å². The topological polar surface area (TPSA) is 62.1 Å². The molecule has 0 aliphatic heterocycles. The average molecular weight is 527 g/mol. The summed E-state index contributed by atoms with van der Waals surface area (Å²) in [4.78, 5) is 12.8. The molecule has 34 heavy (non-hydrogen) atoms. The molecule has 190 valence electrons. The molecule has 0 bridgehead atoms. The lowest BCUT2D eigenvalue weighted by Gasteiger charge is -2.43. The molecule has 1 unspecified atom stereocenters. The van der Waals surface area contributed by atoms with Crippen LogP contribution in [0.5, 0.6) is 0 Å². The highest BCUT2D eigenvalue weighted by Crippen LogP contribution is 2.70. The molecule has 5 atom stereocenters. The van der Waals surface area contributed by atoms with E-state index < -0.39 is 35.0 Å². The SMILES string of the molecule is CC(C)(C)[Si](C)(C)OC[C@@]12C[C@@H]1[C@@H](n1cnc3c(Cl)ncnc31)[C@H](F)C2O[Si](C)(C)C(C)(C)C. The minimum absolute atomic E-state index is 0.0148. The van der Waals surface area contributed by atoms with Crippen molar-refractivity contribution in [1.82, 2.24) is 19.5 Å². The summed E-state index contributed by atoms with van der Waals surface area (Å²) in [5, 5.41) is 0.360. The van der Waals surface area contributed by atoms with Gasteiger partial charge in [-0.2, -0.15) is 0 Å². The van der Waals surface area contributed by atoms with Crippen molar-refractivity contribution in [2.75, 3.05) is 6.61 Å². The average Bonchev–Trinajstić information content (AvgIpc) is 3.16. The van der Waals surface area contributed by atoms with Crippen LogP contribution in [-0.4, -0.2) is 55.0 Å². The first-order valence-electron chi connectivity index (χ1n) is 12.2. The first-order valence-corrected chi connectivity index (χ1v) is 18.4. The molecule has 2 saturated carbocycles. The zero-order valence-electron chi connectivity index (χ0n) is 22.2. The van der Waals surface area contributed by atoms with Gasteiger partial charge in [0.15, 0.2) is 27.4 Å². The molecule has 2 aromatic rings. The Kier molecular flexibility index (Phi) is 6.21. The lowest BCUT2D eigenvalue weighted by molar-refractivity contribution is 0.0205. The number of fused-ring (bicyclic) bond motifs is 2. The van der Waals surface area contributed by atoms with Gasteiger partial charge in [-0.25, -0.2) is 19.3 Å². The number of halogens is 2. The fraction of sp³-hybridized carbons (Fsp3) is 0.792. The molecule has 0 amide bonds. The summed E-state index contributed by atoms with van der Waals surface area (Å²) >= 11 is 6.24. The van der Waals surface area contributed by atoms with Gasteiger partial charge in [0, 0.05) is 12.0 Å². The lowest BCUT2D eigenvalue weighted by atomic mass is 10.0. The van der Waals surface area contributed by atoms with Crippen molar-refractivity contribution in [3.63, 3.8) is 0 Å². The Balaban J connectivity index is 1.72. The molecule has 0 radical (unpaired) electrons. The lowest BCUT2D eigenvalue weighted by Crippen LogP contribution is -2.50. The quantitative estimate of drug-likeness (QED) is 0.306. The number of imidazole rings is 1. The zero-order chi connectivity index (χ0) is 25.5. The van der Waals surface area contributed by atoms with Crippen LogP contribution in [0.3, 0.4) is 0 Å². The van der Waals surface area contributed by atoms with Crippen LogP contribution in [-0.2, 0) is 8.85 Å². The summed E-state index contributed by atoms with van der Waals surface area (Å²) in [5.41, 5.74) is 0.753. The molecule has 2 aromatic heterocycles. The number of alkyl halides is 1. The Morgan fingerprint density at radius 3 is 2.26 bits per heavy atom. The van der Waals surface area contributed by atoms with Gasteiger partial charge in [0.05, 0.1) is 18.5 Å². The highest BCUT2D eigenvalue weighted by Gasteiger charge is 2.74. The van der Waals surface area contributed by atoms with E-state index in [0.29, 0.717) is 17.8 Å². The van der Waals surface area contributed by atoms with Crippen molar-refractivity contribution in [1.29, 1.82) is 0 Å². The van der Waals surface area contributed by atoms with E-state index in [1.165, 1.54) is 6.33 Å². The van der Waals surface area contributed by atoms with E-state index >= 15 is 4.39 Å². The highest BCUT2D eigenvalue weighted by molar-refractivity contribution is 6.74. The van der Waals surface area contributed by atoms with Crippen LogP contribution in [0.25, 0.3) is 11.2 Å². The van der Waals surface area contributed by atoms with E-state index in [9.17, 15) is 0 Å². The maximum Gasteiger partial charge on any atom is 0.192 e. The van der Waals surface area contributed by atoms with E-state index in [0.717, 1.165) is 6.42 Å². The summed E-state index contributed by atoms with van der Waals surface area (Å²) in [7, 11) is -4.22. The summed E-state index contributed by atoms with van der Waals surface area (Å²) < 4.78 is 31.9. The van der Waals surface area contributed by atoms with E-state index in [1.54, 1.807) is 6.33 Å². The van der Waals surface area contributed by atoms with E-state index in [2.05, 4.69) is 82.7 Å². The normalized spacial score (nSPS) is 30.1. The van der Waals surface area contributed by atoms with Gasteiger partial charge in [-0.05, 0) is 48.6 Å². The second kappa shape index (κ2) is 8.06. The van der Waals surface area contributed by atoms with E-state index in [4.69, 9.17) is 20.5 Å². The summed E-state index contributed by atoms with van der Waals surface area (Å²) in [6, 6.07) is -0.409. The molecule has 0 saturated heterocycles. The molecule has 2 aliphatic carbocycles. The monoisotopic (exact) mass is 526 g/mol. The molecule has 4 rings (SSSR count). The molecular weight excluding hydrogens is 487 g/mol. The second-order valence-electron chi connectivity index (χ2n) is 13.3. The first kappa shape index (κ1) is 26.2. The Morgan fingerprint density at radius 1 is 1.06 bits per heavy atom. The van der Waals surface area contributed by atoms with Gasteiger partial charge in [0.2, 0.25) is 0 Å². The van der Waals surface area contributed by atoms with E-state index in [1.807, 2.05) is 4.57 Å². The Bertz CT molecular complexity index is 1080. The third-order valence-electron chi connectivity index (χ3n) is 9.14. The third-order valence-corrected chi connectivity index (χ3v) is 18.4. The summed E-state index contributed by atoms with van der Waals surface area (Å²) in [6.45, 7) is 22.8. The molecule has 2 fully saturated rings. The third kappa shape index (κ3) is 4.09. The number of hydrogen-bond acceptors (Lipinski definition) is 5. The van der Waals surface area contributed by atoms with Gasteiger partial charge in [-0.15, -0.1) is 0 Å². The molecule has 2 heterocycles. The standard InChI is InChI=1S/C24H40ClFN4O2Si2/c1-22(2,3)33(7,8)31-12-24-11-15(24)18(16(26)19(24)32-34(9,10)23(4,5)6)30-14-29-17-20(25)27-13-28-21(17)30/h13-16,18-19H,11-12H2,1-10H3/t15-,16+,18-,19?,24+/m1/s1. The Morgan fingerprint density at radius 2 is 1.68 bits per heavy atom. The summed E-state index contributed by atoms with van der Waals surface area (Å²) in [6.07, 6.45) is 2.26. The highest BCUT2D eigenvalue weighted by atomic mass is 35.5. The first-order chi connectivity index (χ1) is 15.4. The zero-order valence-corrected chi connectivity index (χ0v) is 25.0. The molecule has 10 heteroatoms. The van der Waals surface area contributed by atoms with Crippen molar-refractivity contribution < 1.29 is 13.2 Å². The van der Waals surface area contributed by atoms with Gasteiger partial charge >= 0.3 is 0 Å². The van der Waals surface area contributed by atoms with Crippen molar-refractivity contribution >= 4 is 39.4 Å². The van der Waals surface area contributed by atoms with Crippen LogP contribution in [0.2, 0.25) is 41.4 Å². The minimum Gasteiger partial charge on any atom is -0.416 e. The maximum absolute atomic E-state index is 16.5. The molecule has 6 nitrogen and oxygen atoms in total. The fourth-order valence-electron chi connectivity index (χ4n) is 4.70. The van der Waals surface area contributed by atoms with E-state index in [-0.39, 0.29) is 26.6 Å². The predicted octanol–water partition coefficient (Wildman–Crippen LogP) is 6.79. The smallest absolute Gasteiger partial charge is 0.192 e. The van der Waals surface area contributed by atoms with Crippen LogP contribution < -0.4 is 0 Å². The molecule has 2 aliphatic rings. The predicted molar refractivity (Wildman–Crippen MR) is 140 cm³/mol. The number of rotatable bonds is 6. The van der Waals surface area contributed by atoms with Crippen LogP contribution in [0.1, 0.15) is 54.0 Å². The van der Waals surface area contributed by atoms with Crippen molar-refractivity contribution in [3.8, 4) is 0 Å². The molecular formula is C24H40ClFN4O2Si2. The van der Waals surface area contributed by atoms with Crippen LogP contribution in [0.15, 0.2) is 12.7 Å². The number of nitrogens with zero attached hydrogens (tertiary/aromatic N) is 4. The van der Waals surface area contributed by atoms with Crippen molar-refractivity contribution in [2.45, 2.75) is 103 Å². The molecule has 0 aromatic carbocycles. The van der Waals surface area contributed by atoms with Crippen LogP contribution >= 0.6 is 11.6 Å². The maximum atomic E-state index is 16.5. The van der Waals surface area contributed by atoms with Gasteiger partial charge in [-0.1, -0.05) is 53.1 Å². The molecule has 0 N–H and O–H groups in total. The fourth-order valence-corrected chi connectivity index (χ4v) is 7.29. The van der Waals surface area contributed by atoms with Crippen molar-refractivity contribution in [2.24, 2.45) is 11.3 Å². The van der Waals surface area contributed by atoms with Gasteiger partial charge < -0.3 is 13.4 Å². The van der Waals surface area contributed by atoms with Crippen molar-refractivity contribution in [3.05, 3.63) is 17.8 Å². The molecule has 0 spiro atoms. The van der Waals surface area contributed by atoms with Gasteiger partial charge in [-0.3, -0.25) is 0 Å². The van der Waals surface area contributed by atoms with Gasteiger partial charge in [0.25, 0.3) is 0 Å². The Hall–Kier alpha value is -0.876. The largest absolute Gasteiger partial charge is 0.416 e. The summed E-state index contributed by atoms with van der Waals surface area (Å²) in [5.74, 6) is 0.105. The second-order valence-corrected chi connectivity index (χ2v) is 23.2. The van der Waals surface area contributed by atoms with Crippen LogP contribution in [0.4, 0.5) is 4.39 Å². The Labute approximate surface area is 210 Å². The number of aromatic nitrogens is 4. The number of hydrogen-bond donors (Lipinski definition) is 0. The minimum atomic E-state index is -2.22. The van der Waals surface area contributed by atoms with Gasteiger partial charge in [0.1, 0.15) is 18.0 Å².